The highest BCUT2D eigenvalue weighted by atomic mass is 19.1. The number of halogens is 1. The third kappa shape index (κ3) is 3.79. The Hall–Kier alpha value is -2.28. The Bertz CT molecular complexity index is 704. The normalized spacial score (nSPS) is 18.4. The minimum atomic E-state index is -0.393. The zero-order chi connectivity index (χ0) is 16.9. The van der Waals surface area contributed by atoms with Crippen molar-refractivity contribution in [1.29, 1.82) is 0 Å². The Morgan fingerprint density at radius 2 is 2.29 bits per heavy atom. The van der Waals surface area contributed by atoms with Gasteiger partial charge in [0.05, 0.1) is 0 Å². The molecule has 2 heterocycles. The van der Waals surface area contributed by atoms with Crippen LogP contribution in [0, 0.1) is 11.7 Å². The smallest absolute Gasteiger partial charge is 0.295 e. The standard InChI is InChI=1S/C17H20FN3O3/c1-23-11-12-4-3-8-21(9-7-12)17(22)15-19-16(24-20-15)13-5-2-6-14(18)10-13/h2,5-6,10,12H,3-4,7-9,11H2,1H3. The number of benzene rings is 1. The van der Waals surface area contributed by atoms with Crippen molar-refractivity contribution in [2.45, 2.75) is 19.3 Å². The first-order valence-electron chi connectivity index (χ1n) is 8.05. The topological polar surface area (TPSA) is 68.5 Å². The van der Waals surface area contributed by atoms with E-state index in [1.54, 1.807) is 24.1 Å². The van der Waals surface area contributed by atoms with E-state index in [1.807, 2.05) is 0 Å². The number of methoxy groups -OCH3 is 1. The fourth-order valence-corrected chi connectivity index (χ4v) is 2.96. The summed E-state index contributed by atoms with van der Waals surface area (Å²) >= 11 is 0. The summed E-state index contributed by atoms with van der Waals surface area (Å²) in [6.07, 6.45) is 2.86. The summed E-state index contributed by atoms with van der Waals surface area (Å²) < 4.78 is 23.6. The van der Waals surface area contributed by atoms with Gasteiger partial charge in [0, 0.05) is 32.4 Å². The third-order valence-corrected chi connectivity index (χ3v) is 4.23. The molecule has 0 N–H and O–H groups in total. The second-order valence-corrected chi connectivity index (χ2v) is 5.98. The fourth-order valence-electron chi connectivity index (χ4n) is 2.96. The minimum Gasteiger partial charge on any atom is -0.384 e. The molecule has 1 aromatic heterocycles. The summed E-state index contributed by atoms with van der Waals surface area (Å²) in [4.78, 5) is 18.4. The van der Waals surface area contributed by atoms with Gasteiger partial charge < -0.3 is 14.2 Å². The van der Waals surface area contributed by atoms with Gasteiger partial charge in [-0.15, -0.1) is 0 Å². The molecule has 1 fully saturated rings. The number of carbonyl (C=O) groups excluding carboxylic acids is 1. The third-order valence-electron chi connectivity index (χ3n) is 4.23. The molecule has 0 radical (unpaired) electrons. The summed E-state index contributed by atoms with van der Waals surface area (Å²) in [6, 6.07) is 5.84. The number of amides is 1. The Labute approximate surface area is 139 Å². The van der Waals surface area contributed by atoms with Gasteiger partial charge in [0.25, 0.3) is 17.6 Å². The molecule has 1 aliphatic rings. The maximum Gasteiger partial charge on any atom is 0.295 e. The van der Waals surface area contributed by atoms with Gasteiger partial charge in [0.2, 0.25) is 0 Å². The lowest BCUT2D eigenvalue weighted by Crippen LogP contribution is -2.32. The maximum absolute atomic E-state index is 13.3. The first-order valence-corrected chi connectivity index (χ1v) is 8.05. The second kappa shape index (κ2) is 7.53. The van der Waals surface area contributed by atoms with Gasteiger partial charge in [-0.2, -0.15) is 4.98 Å². The first kappa shape index (κ1) is 16.6. The van der Waals surface area contributed by atoms with Crippen LogP contribution in [-0.2, 0) is 4.74 Å². The zero-order valence-corrected chi connectivity index (χ0v) is 13.6. The number of aromatic nitrogens is 2. The van der Waals surface area contributed by atoms with Crippen molar-refractivity contribution in [3.63, 3.8) is 0 Å². The van der Waals surface area contributed by atoms with Crippen molar-refractivity contribution in [3.05, 3.63) is 35.9 Å². The van der Waals surface area contributed by atoms with Crippen molar-refractivity contribution in [3.8, 4) is 11.5 Å². The van der Waals surface area contributed by atoms with Crippen molar-refractivity contribution in [2.75, 3.05) is 26.8 Å². The Morgan fingerprint density at radius 1 is 1.42 bits per heavy atom. The highest BCUT2D eigenvalue weighted by Gasteiger charge is 2.25. The van der Waals surface area contributed by atoms with Gasteiger partial charge in [-0.3, -0.25) is 4.79 Å². The molecule has 24 heavy (non-hydrogen) atoms. The predicted octanol–water partition coefficient (Wildman–Crippen LogP) is 2.76. The van der Waals surface area contributed by atoms with E-state index in [-0.39, 0.29) is 17.6 Å². The van der Waals surface area contributed by atoms with E-state index in [9.17, 15) is 9.18 Å². The van der Waals surface area contributed by atoms with Gasteiger partial charge in [-0.25, -0.2) is 4.39 Å². The molecule has 3 rings (SSSR count). The molecule has 1 aliphatic heterocycles. The van der Waals surface area contributed by atoms with E-state index in [4.69, 9.17) is 9.26 Å². The molecule has 1 unspecified atom stereocenters. The second-order valence-electron chi connectivity index (χ2n) is 5.98. The van der Waals surface area contributed by atoms with E-state index in [0.717, 1.165) is 19.3 Å². The van der Waals surface area contributed by atoms with E-state index in [1.165, 1.54) is 12.1 Å². The minimum absolute atomic E-state index is 0.0134. The molecular weight excluding hydrogens is 313 g/mol. The number of ether oxygens (including phenoxy) is 1. The molecule has 1 atom stereocenters. The van der Waals surface area contributed by atoms with Crippen LogP contribution in [0.4, 0.5) is 4.39 Å². The molecule has 0 bridgehead atoms. The highest BCUT2D eigenvalue weighted by molar-refractivity contribution is 5.90. The van der Waals surface area contributed by atoms with Crippen molar-refractivity contribution in [1.82, 2.24) is 15.0 Å². The summed E-state index contributed by atoms with van der Waals surface area (Å²) in [7, 11) is 1.70. The first-order chi connectivity index (χ1) is 11.7. The molecule has 1 amide bonds. The molecular formula is C17H20FN3O3. The Kier molecular flexibility index (Phi) is 5.20. The van der Waals surface area contributed by atoms with Gasteiger partial charge in [-0.05, 0) is 43.4 Å². The molecule has 6 nitrogen and oxygen atoms in total. The summed E-state index contributed by atoms with van der Waals surface area (Å²) in [5.74, 6) is -0.0138. The van der Waals surface area contributed by atoms with E-state index >= 15 is 0 Å². The predicted molar refractivity (Wildman–Crippen MR) is 84.8 cm³/mol. The molecule has 2 aromatic rings. The fraction of sp³-hybridized carbons (Fsp3) is 0.471. The van der Waals surface area contributed by atoms with Crippen LogP contribution in [0.2, 0.25) is 0 Å². The number of carbonyl (C=O) groups is 1. The van der Waals surface area contributed by atoms with Gasteiger partial charge >= 0.3 is 0 Å². The van der Waals surface area contributed by atoms with Crippen LogP contribution in [0.5, 0.6) is 0 Å². The SMILES string of the molecule is COCC1CCCN(C(=O)c2noc(-c3cccc(F)c3)n2)CC1. The van der Waals surface area contributed by atoms with Crippen LogP contribution in [0.3, 0.4) is 0 Å². The van der Waals surface area contributed by atoms with Gasteiger partial charge in [0.15, 0.2) is 0 Å². The lowest BCUT2D eigenvalue weighted by Gasteiger charge is -2.18. The molecule has 0 aliphatic carbocycles. The van der Waals surface area contributed by atoms with E-state index in [2.05, 4.69) is 10.1 Å². The maximum atomic E-state index is 13.3. The average Bonchev–Trinajstić information content (AvgIpc) is 2.96. The summed E-state index contributed by atoms with van der Waals surface area (Å²) in [5.41, 5.74) is 0.456. The zero-order valence-electron chi connectivity index (χ0n) is 13.6. The molecule has 0 saturated carbocycles. The number of hydrogen-bond acceptors (Lipinski definition) is 5. The van der Waals surface area contributed by atoms with Crippen LogP contribution in [0.1, 0.15) is 29.9 Å². The highest BCUT2D eigenvalue weighted by Crippen LogP contribution is 2.21. The quantitative estimate of drug-likeness (QED) is 0.860. The Balaban J connectivity index is 1.69. The lowest BCUT2D eigenvalue weighted by atomic mass is 10.0. The molecule has 0 spiro atoms. The lowest BCUT2D eigenvalue weighted by molar-refractivity contribution is 0.0740. The van der Waals surface area contributed by atoms with Crippen LogP contribution >= 0.6 is 0 Å². The number of nitrogens with zero attached hydrogens (tertiary/aromatic N) is 3. The molecule has 1 saturated heterocycles. The van der Waals surface area contributed by atoms with Gasteiger partial charge in [-0.1, -0.05) is 11.2 Å². The van der Waals surface area contributed by atoms with Gasteiger partial charge in [0.1, 0.15) is 5.82 Å². The van der Waals surface area contributed by atoms with Crippen molar-refractivity contribution >= 4 is 5.91 Å². The van der Waals surface area contributed by atoms with Crippen LogP contribution in [-0.4, -0.2) is 47.8 Å². The number of hydrogen-bond donors (Lipinski definition) is 0. The number of rotatable bonds is 4. The monoisotopic (exact) mass is 333 g/mol. The van der Waals surface area contributed by atoms with E-state index < -0.39 is 5.82 Å². The molecule has 1 aromatic carbocycles. The summed E-state index contributed by atoms with van der Waals surface area (Å²) in [6.45, 7) is 2.04. The largest absolute Gasteiger partial charge is 0.384 e. The van der Waals surface area contributed by atoms with Crippen LogP contribution < -0.4 is 0 Å². The van der Waals surface area contributed by atoms with E-state index in [0.29, 0.717) is 31.2 Å². The van der Waals surface area contributed by atoms with Crippen molar-refractivity contribution in [2.24, 2.45) is 5.92 Å². The number of likely N-dealkylation sites (tertiary alicyclic amines) is 1. The van der Waals surface area contributed by atoms with Crippen LogP contribution in [0.25, 0.3) is 11.5 Å². The Morgan fingerprint density at radius 3 is 3.08 bits per heavy atom. The average molecular weight is 333 g/mol. The molecule has 7 heteroatoms. The van der Waals surface area contributed by atoms with Crippen molar-refractivity contribution < 1.29 is 18.4 Å². The van der Waals surface area contributed by atoms with Crippen LogP contribution in [0.15, 0.2) is 28.8 Å². The molecule has 128 valence electrons. The summed E-state index contributed by atoms with van der Waals surface area (Å²) in [5, 5.41) is 3.76.